The highest BCUT2D eigenvalue weighted by Gasteiger charge is 2.54. The van der Waals surface area contributed by atoms with Crippen molar-refractivity contribution in [2.45, 2.75) is 44.6 Å². The first kappa shape index (κ1) is 20.1. The lowest BCUT2D eigenvalue weighted by Gasteiger charge is -2.50. The number of β-lactam (4-membered cyclic amide) rings is 1. The number of amides is 1. The van der Waals surface area contributed by atoms with Crippen molar-refractivity contribution in [3.8, 4) is 0 Å². The van der Waals surface area contributed by atoms with Crippen LogP contribution < -0.4 is 5.73 Å². The minimum absolute atomic E-state index is 0.0449. The summed E-state index contributed by atoms with van der Waals surface area (Å²) in [6.07, 6.45) is 0.548. The van der Waals surface area contributed by atoms with Gasteiger partial charge in [-0.15, -0.1) is 23.1 Å². The number of carbonyl (C=O) groups is 3. The number of hydrogen-bond acceptors (Lipinski definition) is 7. The molecule has 1 aromatic heterocycles. The summed E-state index contributed by atoms with van der Waals surface area (Å²) in [7, 11) is 0. The Bertz CT molecular complexity index is 780. The van der Waals surface area contributed by atoms with E-state index in [4.69, 9.17) is 10.5 Å². The van der Waals surface area contributed by atoms with Gasteiger partial charge in [-0.05, 0) is 37.8 Å². The predicted molar refractivity (Wildman–Crippen MR) is 106 cm³/mol. The first-order valence-corrected chi connectivity index (χ1v) is 10.8. The van der Waals surface area contributed by atoms with Crippen LogP contribution in [0.2, 0.25) is 0 Å². The molecule has 1 amide bonds. The lowest BCUT2D eigenvalue weighted by atomic mass is 9.89. The van der Waals surface area contributed by atoms with Gasteiger partial charge in [0.1, 0.15) is 17.1 Å². The average molecular weight is 409 g/mol. The van der Waals surface area contributed by atoms with E-state index in [-0.39, 0.29) is 41.6 Å². The van der Waals surface area contributed by atoms with Crippen LogP contribution in [0.5, 0.6) is 0 Å². The minimum Gasteiger partial charge on any atom is -0.455 e. The number of Topliss-reactive ketones (excluding diaryl/α,β-unsaturated/α-hetero) is 1. The fraction of sp³-hybridized carbons (Fsp3) is 0.526. The van der Waals surface area contributed by atoms with Gasteiger partial charge in [0.15, 0.2) is 0 Å². The van der Waals surface area contributed by atoms with Crippen molar-refractivity contribution in [3.05, 3.63) is 33.7 Å². The van der Waals surface area contributed by atoms with E-state index in [1.54, 1.807) is 32.5 Å². The first-order chi connectivity index (χ1) is 12.7. The third-order valence-corrected chi connectivity index (χ3v) is 6.67. The van der Waals surface area contributed by atoms with Crippen LogP contribution in [0.1, 0.15) is 32.1 Å². The Morgan fingerprint density at radius 2 is 2.11 bits per heavy atom. The summed E-state index contributed by atoms with van der Waals surface area (Å²) in [5.74, 6) is -0.499. The van der Waals surface area contributed by atoms with Gasteiger partial charge in [0.2, 0.25) is 5.91 Å². The molecule has 0 unspecified atom stereocenters. The van der Waals surface area contributed by atoms with E-state index in [0.717, 1.165) is 4.88 Å². The quantitative estimate of drug-likeness (QED) is 0.574. The summed E-state index contributed by atoms with van der Waals surface area (Å²) < 4.78 is 5.48. The second kappa shape index (κ2) is 7.77. The van der Waals surface area contributed by atoms with Gasteiger partial charge in [0, 0.05) is 30.0 Å². The van der Waals surface area contributed by atoms with E-state index in [9.17, 15) is 14.4 Å². The van der Waals surface area contributed by atoms with E-state index < -0.39 is 11.6 Å². The summed E-state index contributed by atoms with van der Waals surface area (Å²) in [6, 6.07) is 3.83. The van der Waals surface area contributed by atoms with Crippen molar-refractivity contribution < 1.29 is 19.1 Å². The maximum absolute atomic E-state index is 12.8. The Morgan fingerprint density at radius 1 is 1.37 bits per heavy atom. The smallest absolute Gasteiger partial charge is 0.355 e. The van der Waals surface area contributed by atoms with Crippen LogP contribution in [-0.2, 0) is 25.5 Å². The van der Waals surface area contributed by atoms with E-state index in [1.807, 2.05) is 17.5 Å². The van der Waals surface area contributed by atoms with Crippen LogP contribution in [0.15, 0.2) is 28.8 Å². The molecule has 6 nitrogen and oxygen atoms in total. The van der Waals surface area contributed by atoms with Gasteiger partial charge in [-0.3, -0.25) is 14.5 Å². The van der Waals surface area contributed by atoms with Gasteiger partial charge in [0.05, 0.1) is 11.3 Å². The fourth-order valence-electron chi connectivity index (χ4n) is 3.21. The number of thiophene rings is 1. The van der Waals surface area contributed by atoms with Crippen molar-refractivity contribution in [2.75, 3.05) is 12.3 Å². The summed E-state index contributed by atoms with van der Waals surface area (Å²) in [6.45, 7) is 5.55. The standard InChI is InChI=1S/C19H24N2O4S2/c1-19(2,3)25-18(24)15-11(9-20)10-27-17-14(16(23)21(15)17)8-12(22)7-13-5-4-6-26-13/h4-6,14,17H,7-10,20H2,1-3H3/t14-,17-/m1/s1. The third kappa shape index (κ3) is 4.28. The molecular formula is C19H24N2O4S2. The Hall–Kier alpha value is -1.64. The molecule has 27 heavy (non-hydrogen) atoms. The molecule has 1 aromatic rings. The second-order valence-corrected chi connectivity index (χ2v) is 9.81. The molecule has 0 aromatic carbocycles. The number of ether oxygens (including phenoxy) is 1. The average Bonchev–Trinajstić information content (AvgIpc) is 3.09. The van der Waals surface area contributed by atoms with Crippen LogP contribution in [0.3, 0.4) is 0 Å². The summed E-state index contributed by atoms with van der Waals surface area (Å²) in [5.41, 5.74) is 6.11. The highest BCUT2D eigenvalue weighted by Crippen LogP contribution is 2.45. The Morgan fingerprint density at radius 3 is 2.70 bits per heavy atom. The van der Waals surface area contributed by atoms with Crippen LogP contribution in [0, 0.1) is 5.92 Å². The number of hydrogen-bond donors (Lipinski definition) is 1. The van der Waals surface area contributed by atoms with Crippen molar-refractivity contribution in [2.24, 2.45) is 11.7 Å². The molecule has 3 heterocycles. The number of fused-ring (bicyclic) bond motifs is 1. The number of carbonyl (C=O) groups excluding carboxylic acids is 3. The molecule has 1 fully saturated rings. The molecule has 2 N–H and O–H groups in total. The van der Waals surface area contributed by atoms with Gasteiger partial charge in [-0.25, -0.2) is 4.79 Å². The van der Waals surface area contributed by atoms with Crippen molar-refractivity contribution in [1.82, 2.24) is 4.90 Å². The molecule has 2 aliphatic heterocycles. The maximum Gasteiger partial charge on any atom is 0.355 e. The number of nitrogens with zero attached hydrogens (tertiary/aromatic N) is 1. The predicted octanol–water partition coefficient (Wildman–Crippen LogP) is 2.34. The zero-order chi connectivity index (χ0) is 19.8. The zero-order valence-electron chi connectivity index (χ0n) is 15.7. The minimum atomic E-state index is -0.659. The highest BCUT2D eigenvalue weighted by atomic mass is 32.2. The fourth-order valence-corrected chi connectivity index (χ4v) is 5.38. The second-order valence-electron chi connectivity index (χ2n) is 7.67. The molecule has 2 aliphatic rings. The van der Waals surface area contributed by atoms with Crippen LogP contribution >= 0.6 is 23.1 Å². The molecule has 0 bridgehead atoms. The van der Waals surface area contributed by atoms with Gasteiger partial charge >= 0.3 is 5.97 Å². The largest absolute Gasteiger partial charge is 0.455 e. The maximum atomic E-state index is 12.8. The van der Waals surface area contributed by atoms with E-state index in [2.05, 4.69) is 0 Å². The molecule has 2 atom stereocenters. The Balaban J connectivity index is 1.72. The zero-order valence-corrected chi connectivity index (χ0v) is 17.3. The van der Waals surface area contributed by atoms with Crippen molar-refractivity contribution >= 4 is 40.8 Å². The summed E-state index contributed by atoms with van der Waals surface area (Å²) in [5, 5.41) is 1.73. The third-order valence-electron chi connectivity index (χ3n) is 4.40. The van der Waals surface area contributed by atoms with Gasteiger partial charge < -0.3 is 10.5 Å². The lowest BCUT2D eigenvalue weighted by molar-refractivity contribution is -0.161. The molecular weight excluding hydrogens is 384 g/mol. The molecule has 1 saturated heterocycles. The van der Waals surface area contributed by atoms with Gasteiger partial charge in [-0.1, -0.05) is 6.07 Å². The van der Waals surface area contributed by atoms with Crippen LogP contribution in [0.4, 0.5) is 0 Å². The van der Waals surface area contributed by atoms with Gasteiger partial charge in [0.25, 0.3) is 0 Å². The Kier molecular flexibility index (Phi) is 5.79. The molecule has 0 radical (unpaired) electrons. The van der Waals surface area contributed by atoms with Crippen molar-refractivity contribution in [3.63, 3.8) is 0 Å². The monoisotopic (exact) mass is 408 g/mol. The molecule has 0 saturated carbocycles. The van der Waals surface area contributed by atoms with Crippen LogP contribution in [-0.4, -0.2) is 45.8 Å². The van der Waals surface area contributed by atoms with Crippen molar-refractivity contribution in [1.29, 1.82) is 0 Å². The lowest BCUT2D eigenvalue weighted by Crippen LogP contribution is -2.62. The number of rotatable bonds is 6. The number of esters is 1. The summed E-state index contributed by atoms with van der Waals surface area (Å²) >= 11 is 3.09. The molecule has 8 heteroatoms. The SMILES string of the molecule is CC(C)(C)OC(=O)C1=C(CN)CS[C@@H]2[C@H](CC(=O)Cc3cccs3)C(=O)N12. The molecule has 3 rings (SSSR count). The number of nitrogens with two attached hydrogens (primary N) is 1. The van der Waals surface area contributed by atoms with E-state index in [0.29, 0.717) is 17.7 Å². The molecule has 0 aliphatic carbocycles. The summed E-state index contributed by atoms with van der Waals surface area (Å²) in [4.78, 5) is 40.3. The first-order valence-electron chi connectivity index (χ1n) is 8.85. The number of thioether (sulfide) groups is 1. The van der Waals surface area contributed by atoms with E-state index >= 15 is 0 Å². The molecule has 0 spiro atoms. The Labute approximate surface area is 167 Å². The normalized spacial score (nSPS) is 22.4. The number of ketones is 1. The molecule has 146 valence electrons. The topological polar surface area (TPSA) is 89.7 Å². The van der Waals surface area contributed by atoms with Crippen LogP contribution in [0.25, 0.3) is 0 Å². The highest BCUT2D eigenvalue weighted by molar-refractivity contribution is 8.00. The van der Waals surface area contributed by atoms with Gasteiger partial charge in [-0.2, -0.15) is 0 Å². The van der Waals surface area contributed by atoms with E-state index in [1.165, 1.54) is 16.2 Å².